The number of hydrogen-bond donors (Lipinski definition) is 1. The van der Waals surface area contributed by atoms with Gasteiger partial charge in [-0.2, -0.15) is 5.10 Å². The Balaban J connectivity index is 2.24. The van der Waals surface area contributed by atoms with Crippen molar-refractivity contribution >= 4 is 15.9 Å². The molecule has 0 aliphatic carbocycles. The Morgan fingerprint density at radius 2 is 2.10 bits per heavy atom. The molecule has 1 aromatic heterocycles. The molecule has 1 heterocycles. The molecule has 0 radical (unpaired) electrons. The third kappa shape index (κ3) is 3.92. The van der Waals surface area contributed by atoms with Crippen LogP contribution in [0.15, 0.2) is 29.0 Å². The second-order valence-electron chi connectivity index (χ2n) is 5.75. The summed E-state index contributed by atoms with van der Waals surface area (Å²) in [4.78, 5) is 4.43. The average Bonchev–Trinajstić information content (AvgIpc) is 2.86. The molecule has 2 rings (SSSR count). The second kappa shape index (κ2) is 7.18. The second-order valence-corrected chi connectivity index (χ2v) is 6.61. The van der Waals surface area contributed by atoms with Gasteiger partial charge in [-0.05, 0) is 37.1 Å². The first kappa shape index (κ1) is 16.2. The minimum Gasteiger partial charge on any atom is -0.313 e. The summed E-state index contributed by atoms with van der Waals surface area (Å²) in [5.74, 6) is 1.59. The highest BCUT2D eigenvalue weighted by molar-refractivity contribution is 9.10. The number of halogens is 1. The largest absolute Gasteiger partial charge is 0.313 e. The van der Waals surface area contributed by atoms with Crippen molar-refractivity contribution in [3.63, 3.8) is 0 Å². The number of hydrogen-bond acceptors (Lipinski definition) is 3. The number of aromatic nitrogens is 3. The summed E-state index contributed by atoms with van der Waals surface area (Å²) in [5.41, 5.74) is 2.57. The number of nitrogens with zero attached hydrogens (tertiary/aromatic N) is 3. The van der Waals surface area contributed by atoms with Crippen molar-refractivity contribution in [2.24, 2.45) is 5.92 Å². The summed E-state index contributed by atoms with van der Waals surface area (Å²) >= 11 is 3.61. The van der Waals surface area contributed by atoms with E-state index >= 15 is 0 Å². The van der Waals surface area contributed by atoms with Crippen LogP contribution in [0, 0.1) is 12.8 Å². The Morgan fingerprint density at radius 3 is 2.76 bits per heavy atom. The molecule has 21 heavy (non-hydrogen) atoms. The molecule has 0 saturated heterocycles. The van der Waals surface area contributed by atoms with Crippen molar-refractivity contribution in [3.05, 3.63) is 46.0 Å². The van der Waals surface area contributed by atoms with Crippen LogP contribution >= 0.6 is 15.9 Å². The number of nitrogens with one attached hydrogen (secondary N) is 1. The van der Waals surface area contributed by atoms with Gasteiger partial charge in [0.1, 0.15) is 12.2 Å². The molecule has 1 aromatic carbocycles. The fourth-order valence-corrected chi connectivity index (χ4v) is 2.88. The van der Waals surface area contributed by atoms with Gasteiger partial charge in [0.05, 0.1) is 0 Å². The number of rotatable bonds is 6. The average molecular weight is 351 g/mol. The first-order valence-electron chi connectivity index (χ1n) is 7.31. The monoisotopic (exact) mass is 350 g/mol. The smallest absolute Gasteiger partial charge is 0.138 e. The predicted molar refractivity (Wildman–Crippen MR) is 89.2 cm³/mol. The lowest BCUT2D eigenvalue weighted by molar-refractivity contribution is 0.451. The Hall–Kier alpha value is -1.20. The minimum atomic E-state index is 0.234. The molecule has 0 spiro atoms. The van der Waals surface area contributed by atoms with Gasteiger partial charge in [0.25, 0.3) is 0 Å². The van der Waals surface area contributed by atoms with Crippen molar-refractivity contribution in [2.45, 2.75) is 39.8 Å². The van der Waals surface area contributed by atoms with Gasteiger partial charge in [-0.3, -0.25) is 0 Å². The highest BCUT2D eigenvalue weighted by Crippen LogP contribution is 2.26. The molecule has 0 bridgehead atoms. The van der Waals surface area contributed by atoms with Gasteiger partial charge >= 0.3 is 0 Å². The fraction of sp³-hybridized carbons (Fsp3) is 0.500. The summed E-state index contributed by atoms with van der Waals surface area (Å²) < 4.78 is 3.16. The summed E-state index contributed by atoms with van der Waals surface area (Å²) in [5, 5.41) is 7.75. The predicted octanol–water partition coefficient (Wildman–Crippen LogP) is 3.51. The molecule has 5 heteroatoms. The van der Waals surface area contributed by atoms with Crippen LogP contribution in [0.2, 0.25) is 0 Å². The fourth-order valence-electron chi connectivity index (χ4n) is 2.50. The van der Waals surface area contributed by atoms with E-state index in [0.29, 0.717) is 5.92 Å². The molecular weight excluding hydrogens is 328 g/mol. The van der Waals surface area contributed by atoms with Crippen molar-refractivity contribution in [1.82, 2.24) is 20.1 Å². The third-order valence-electron chi connectivity index (χ3n) is 3.65. The van der Waals surface area contributed by atoms with Gasteiger partial charge in [-0.15, -0.1) is 0 Å². The van der Waals surface area contributed by atoms with Gasteiger partial charge < -0.3 is 5.32 Å². The van der Waals surface area contributed by atoms with Crippen molar-refractivity contribution in [1.29, 1.82) is 0 Å². The van der Waals surface area contributed by atoms with Gasteiger partial charge in [0.2, 0.25) is 0 Å². The minimum absolute atomic E-state index is 0.234. The molecular formula is C16H23BrN4. The SMILES string of the molecule is CNC(Cc1ncnn1CC(C)C)c1cccc(Br)c1C. The molecule has 0 saturated carbocycles. The maximum atomic E-state index is 4.43. The molecule has 1 unspecified atom stereocenters. The maximum absolute atomic E-state index is 4.43. The standard InChI is InChI=1S/C16H23BrN4/c1-11(2)9-21-16(19-10-20-21)8-15(18-4)13-6-5-7-14(17)12(13)3/h5-7,10-11,15,18H,8-9H2,1-4H3. The summed E-state index contributed by atoms with van der Waals surface area (Å²) in [6, 6.07) is 6.56. The molecule has 1 atom stereocenters. The van der Waals surface area contributed by atoms with Crippen LogP contribution in [0.5, 0.6) is 0 Å². The quantitative estimate of drug-likeness (QED) is 0.866. The Bertz CT molecular complexity index is 592. The van der Waals surface area contributed by atoms with Crippen LogP contribution < -0.4 is 5.32 Å². The molecule has 114 valence electrons. The summed E-state index contributed by atoms with van der Waals surface area (Å²) in [7, 11) is 1.99. The number of benzene rings is 1. The zero-order chi connectivity index (χ0) is 15.4. The zero-order valence-corrected chi connectivity index (χ0v) is 14.7. The van der Waals surface area contributed by atoms with Gasteiger partial charge in [0.15, 0.2) is 0 Å². The molecule has 1 N–H and O–H groups in total. The lowest BCUT2D eigenvalue weighted by atomic mass is 9.98. The van der Waals surface area contributed by atoms with Crippen LogP contribution in [-0.2, 0) is 13.0 Å². The van der Waals surface area contributed by atoms with Gasteiger partial charge in [-0.1, -0.05) is 41.9 Å². The van der Waals surface area contributed by atoms with Crippen LogP contribution in [0.4, 0.5) is 0 Å². The van der Waals surface area contributed by atoms with Crippen molar-refractivity contribution in [3.8, 4) is 0 Å². The Labute approximate surface area is 135 Å². The normalized spacial score (nSPS) is 12.9. The van der Waals surface area contributed by atoms with E-state index in [9.17, 15) is 0 Å². The molecule has 2 aromatic rings. The molecule has 0 amide bonds. The lowest BCUT2D eigenvalue weighted by Gasteiger charge is -2.20. The zero-order valence-electron chi connectivity index (χ0n) is 13.1. The Morgan fingerprint density at radius 1 is 1.33 bits per heavy atom. The van der Waals surface area contributed by atoms with Gasteiger partial charge in [-0.25, -0.2) is 9.67 Å². The first-order valence-corrected chi connectivity index (χ1v) is 8.11. The molecule has 4 nitrogen and oxygen atoms in total. The van der Waals surface area contributed by atoms with Crippen molar-refractivity contribution < 1.29 is 0 Å². The molecule has 0 aliphatic rings. The molecule has 0 aliphatic heterocycles. The lowest BCUT2D eigenvalue weighted by Crippen LogP contribution is -2.22. The summed E-state index contributed by atoms with van der Waals surface area (Å²) in [6.07, 6.45) is 2.48. The summed E-state index contributed by atoms with van der Waals surface area (Å²) in [6.45, 7) is 7.44. The van der Waals surface area contributed by atoms with E-state index in [0.717, 1.165) is 23.3 Å². The molecule has 0 fully saturated rings. The van der Waals surface area contributed by atoms with Crippen molar-refractivity contribution in [2.75, 3.05) is 7.05 Å². The van der Waals surface area contributed by atoms with Crippen LogP contribution in [0.3, 0.4) is 0 Å². The topological polar surface area (TPSA) is 42.7 Å². The van der Waals surface area contributed by atoms with Crippen LogP contribution in [0.1, 0.15) is 36.8 Å². The van der Waals surface area contributed by atoms with Gasteiger partial charge in [0, 0.05) is 23.5 Å². The van der Waals surface area contributed by atoms with Crippen LogP contribution in [0.25, 0.3) is 0 Å². The van der Waals surface area contributed by atoms with Crippen LogP contribution in [-0.4, -0.2) is 21.8 Å². The van der Waals surface area contributed by atoms with E-state index in [1.165, 1.54) is 11.1 Å². The van der Waals surface area contributed by atoms with E-state index in [-0.39, 0.29) is 6.04 Å². The van der Waals surface area contributed by atoms with E-state index in [1.54, 1.807) is 6.33 Å². The number of likely N-dealkylation sites (N-methyl/N-ethyl adjacent to an activating group) is 1. The highest BCUT2D eigenvalue weighted by atomic mass is 79.9. The van der Waals surface area contributed by atoms with E-state index < -0.39 is 0 Å². The first-order chi connectivity index (χ1) is 10.0. The van der Waals surface area contributed by atoms with E-state index in [2.05, 4.69) is 70.3 Å². The van der Waals surface area contributed by atoms with E-state index in [1.807, 2.05) is 11.7 Å². The maximum Gasteiger partial charge on any atom is 0.138 e. The highest BCUT2D eigenvalue weighted by Gasteiger charge is 2.17. The Kier molecular flexibility index (Phi) is 5.53. The third-order valence-corrected chi connectivity index (χ3v) is 4.51. The van der Waals surface area contributed by atoms with E-state index in [4.69, 9.17) is 0 Å².